The van der Waals surface area contributed by atoms with Crippen LogP contribution in [0.25, 0.3) is 0 Å². The van der Waals surface area contributed by atoms with E-state index in [0.29, 0.717) is 0 Å². The lowest BCUT2D eigenvalue weighted by molar-refractivity contribution is 0.290. The van der Waals surface area contributed by atoms with E-state index in [9.17, 15) is 0 Å². The molecule has 1 aromatic carbocycles. The summed E-state index contributed by atoms with van der Waals surface area (Å²) in [6.45, 7) is 4.41. The number of nitrogens with one attached hydrogen (secondary N) is 1. The van der Waals surface area contributed by atoms with Gasteiger partial charge in [-0.15, -0.1) is 0 Å². The summed E-state index contributed by atoms with van der Waals surface area (Å²) in [6, 6.07) is 9.82. The maximum atomic E-state index is 3.58. The first-order chi connectivity index (χ1) is 8.90. The molecule has 96 valence electrons. The van der Waals surface area contributed by atoms with Crippen LogP contribution in [0.2, 0.25) is 0 Å². The number of benzene rings is 1. The first-order valence-electron chi connectivity index (χ1n) is 7.09. The molecule has 1 heterocycles. The van der Waals surface area contributed by atoms with E-state index in [0.717, 1.165) is 25.7 Å². The average molecular weight is 242 g/mol. The molecule has 2 nitrogen and oxygen atoms in total. The fourth-order valence-corrected chi connectivity index (χ4v) is 2.48. The summed E-state index contributed by atoms with van der Waals surface area (Å²) >= 11 is 0. The Balaban J connectivity index is 1.56. The maximum Gasteiger partial charge on any atom is 0.0237 e. The Labute approximate surface area is 110 Å². The van der Waals surface area contributed by atoms with E-state index in [1.54, 1.807) is 0 Å². The minimum absolute atomic E-state index is 0.792. The summed E-state index contributed by atoms with van der Waals surface area (Å²) in [5.41, 5.74) is 2.87. The molecule has 1 aliphatic carbocycles. The van der Waals surface area contributed by atoms with E-state index < -0.39 is 0 Å². The van der Waals surface area contributed by atoms with Crippen molar-refractivity contribution in [2.24, 2.45) is 0 Å². The van der Waals surface area contributed by atoms with Gasteiger partial charge in [0, 0.05) is 32.2 Å². The summed E-state index contributed by atoms with van der Waals surface area (Å²) in [4.78, 5) is 2.51. The number of nitrogens with zero attached hydrogens (tertiary/aromatic N) is 1. The van der Waals surface area contributed by atoms with Crippen LogP contribution in [0.15, 0.2) is 36.4 Å². The Morgan fingerprint density at radius 2 is 2.06 bits per heavy atom. The van der Waals surface area contributed by atoms with Gasteiger partial charge in [-0.3, -0.25) is 4.90 Å². The molecule has 2 heteroatoms. The zero-order chi connectivity index (χ0) is 12.2. The zero-order valence-electron chi connectivity index (χ0n) is 10.9. The lowest BCUT2D eigenvalue weighted by atomic mass is 10.1. The predicted molar refractivity (Wildman–Crippen MR) is 75.3 cm³/mol. The van der Waals surface area contributed by atoms with Crippen molar-refractivity contribution in [1.29, 1.82) is 0 Å². The van der Waals surface area contributed by atoms with Gasteiger partial charge in [0.2, 0.25) is 0 Å². The predicted octanol–water partition coefficient (Wildman–Crippen LogP) is 2.70. The third kappa shape index (κ3) is 3.44. The van der Waals surface area contributed by atoms with Gasteiger partial charge in [-0.25, -0.2) is 0 Å². The standard InChI is InChI=1S/C16H22N2/c1-2-9-18(10-3-1)13-15-6-4-5-14(11-15)12-17-16-7-8-16/h1-2,4-6,11,16-17H,3,7-10,12-13H2. The first-order valence-corrected chi connectivity index (χ1v) is 7.09. The molecule has 0 unspecified atom stereocenters. The molecule has 0 amide bonds. The van der Waals surface area contributed by atoms with Crippen molar-refractivity contribution in [3.05, 3.63) is 47.5 Å². The number of hydrogen-bond acceptors (Lipinski definition) is 2. The molecule has 1 N–H and O–H groups in total. The summed E-state index contributed by atoms with van der Waals surface area (Å²) in [7, 11) is 0. The van der Waals surface area contributed by atoms with Crippen LogP contribution in [-0.2, 0) is 13.1 Å². The molecule has 0 spiro atoms. The molecule has 1 fully saturated rings. The number of rotatable bonds is 5. The number of hydrogen-bond donors (Lipinski definition) is 1. The molecular weight excluding hydrogens is 220 g/mol. The quantitative estimate of drug-likeness (QED) is 0.799. The van der Waals surface area contributed by atoms with Crippen molar-refractivity contribution in [2.45, 2.75) is 38.4 Å². The Morgan fingerprint density at radius 3 is 2.83 bits per heavy atom. The van der Waals surface area contributed by atoms with Crippen molar-refractivity contribution in [3.8, 4) is 0 Å². The highest BCUT2D eigenvalue weighted by molar-refractivity contribution is 5.23. The van der Waals surface area contributed by atoms with E-state index in [-0.39, 0.29) is 0 Å². The van der Waals surface area contributed by atoms with Crippen molar-refractivity contribution in [3.63, 3.8) is 0 Å². The average Bonchev–Trinajstić information content (AvgIpc) is 3.22. The molecule has 0 aromatic heterocycles. The van der Waals surface area contributed by atoms with Gasteiger partial charge >= 0.3 is 0 Å². The van der Waals surface area contributed by atoms with Crippen LogP contribution in [-0.4, -0.2) is 24.0 Å². The summed E-state index contributed by atoms with van der Waals surface area (Å²) < 4.78 is 0. The molecule has 0 radical (unpaired) electrons. The lowest BCUT2D eigenvalue weighted by Crippen LogP contribution is -2.26. The topological polar surface area (TPSA) is 15.3 Å². The lowest BCUT2D eigenvalue weighted by Gasteiger charge is -2.23. The summed E-state index contributed by atoms with van der Waals surface area (Å²) in [5, 5.41) is 3.58. The van der Waals surface area contributed by atoms with Crippen molar-refractivity contribution < 1.29 is 0 Å². The Kier molecular flexibility index (Phi) is 3.77. The van der Waals surface area contributed by atoms with E-state index in [1.165, 1.54) is 36.9 Å². The largest absolute Gasteiger partial charge is 0.310 e. The van der Waals surface area contributed by atoms with Gasteiger partial charge in [0.1, 0.15) is 0 Å². The molecule has 0 atom stereocenters. The molecule has 18 heavy (non-hydrogen) atoms. The highest BCUT2D eigenvalue weighted by Gasteiger charge is 2.19. The zero-order valence-corrected chi connectivity index (χ0v) is 10.9. The minimum Gasteiger partial charge on any atom is -0.310 e. The second-order valence-electron chi connectivity index (χ2n) is 5.47. The van der Waals surface area contributed by atoms with Gasteiger partial charge in [-0.2, -0.15) is 0 Å². The van der Waals surface area contributed by atoms with Gasteiger partial charge in [-0.1, -0.05) is 36.4 Å². The van der Waals surface area contributed by atoms with Gasteiger partial charge in [0.15, 0.2) is 0 Å². The Morgan fingerprint density at radius 1 is 1.17 bits per heavy atom. The van der Waals surface area contributed by atoms with Gasteiger partial charge < -0.3 is 5.32 Å². The second kappa shape index (κ2) is 5.68. The van der Waals surface area contributed by atoms with Crippen LogP contribution in [0.1, 0.15) is 30.4 Å². The molecule has 1 aromatic rings. The molecule has 0 saturated heterocycles. The fraction of sp³-hybridized carbons (Fsp3) is 0.500. The SMILES string of the molecule is C1=CCN(Cc2cccc(CNC3CC3)c2)CC1. The van der Waals surface area contributed by atoms with Crippen LogP contribution in [0.3, 0.4) is 0 Å². The monoisotopic (exact) mass is 242 g/mol. The van der Waals surface area contributed by atoms with Crippen LogP contribution in [0.4, 0.5) is 0 Å². The van der Waals surface area contributed by atoms with E-state index in [2.05, 4.69) is 46.6 Å². The summed E-state index contributed by atoms with van der Waals surface area (Å²) in [6.07, 6.45) is 8.48. The van der Waals surface area contributed by atoms with Gasteiger partial charge in [-0.05, 0) is 30.4 Å². The smallest absolute Gasteiger partial charge is 0.0237 e. The molecule has 3 rings (SSSR count). The molecular formula is C16H22N2. The highest BCUT2D eigenvalue weighted by Crippen LogP contribution is 2.19. The third-order valence-corrected chi connectivity index (χ3v) is 3.71. The van der Waals surface area contributed by atoms with Gasteiger partial charge in [0.05, 0.1) is 0 Å². The fourth-order valence-electron chi connectivity index (χ4n) is 2.48. The Bertz CT molecular complexity index is 421. The second-order valence-corrected chi connectivity index (χ2v) is 5.47. The van der Waals surface area contributed by atoms with Crippen LogP contribution in [0.5, 0.6) is 0 Å². The van der Waals surface area contributed by atoms with Crippen molar-refractivity contribution in [1.82, 2.24) is 10.2 Å². The Hall–Kier alpha value is -1.12. The van der Waals surface area contributed by atoms with E-state index >= 15 is 0 Å². The molecule has 1 saturated carbocycles. The molecule has 0 bridgehead atoms. The summed E-state index contributed by atoms with van der Waals surface area (Å²) in [5.74, 6) is 0. The maximum absolute atomic E-state index is 3.58. The molecule has 2 aliphatic rings. The van der Waals surface area contributed by atoms with Crippen LogP contribution in [0, 0.1) is 0 Å². The van der Waals surface area contributed by atoms with Gasteiger partial charge in [0.25, 0.3) is 0 Å². The van der Waals surface area contributed by atoms with E-state index in [1.807, 2.05) is 0 Å². The normalized spacial score (nSPS) is 20.2. The molecule has 1 aliphatic heterocycles. The minimum atomic E-state index is 0.792. The third-order valence-electron chi connectivity index (χ3n) is 3.71. The first kappa shape index (κ1) is 11.9. The van der Waals surface area contributed by atoms with Crippen molar-refractivity contribution in [2.75, 3.05) is 13.1 Å². The van der Waals surface area contributed by atoms with E-state index in [4.69, 9.17) is 0 Å². The van der Waals surface area contributed by atoms with Crippen molar-refractivity contribution >= 4 is 0 Å². The highest BCUT2D eigenvalue weighted by atomic mass is 15.1. The van der Waals surface area contributed by atoms with Crippen LogP contribution >= 0.6 is 0 Å². The van der Waals surface area contributed by atoms with Crippen LogP contribution < -0.4 is 5.32 Å².